The quantitative estimate of drug-likeness (QED) is 0.570. The summed E-state index contributed by atoms with van der Waals surface area (Å²) in [6.07, 6.45) is 4.88. The Kier molecular flexibility index (Phi) is 4.28. The van der Waals surface area contributed by atoms with Crippen LogP contribution in [0.3, 0.4) is 0 Å². The van der Waals surface area contributed by atoms with Gasteiger partial charge < -0.3 is 0 Å². The summed E-state index contributed by atoms with van der Waals surface area (Å²) in [5.74, 6) is -0.283. The molecule has 2 heterocycles. The van der Waals surface area contributed by atoms with Crippen molar-refractivity contribution in [2.45, 2.75) is 12.1 Å². The van der Waals surface area contributed by atoms with Gasteiger partial charge in [0.1, 0.15) is 0 Å². The molecule has 2 aromatic heterocycles. The molecular weight excluding hydrogens is 340 g/mol. The summed E-state index contributed by atoms with van der Waals surface area (Å²) in [4.78, 5) is 24.7. The van der Waals surface area contributed by atoms with Gasteiger partial charge in [-0.05, 0) is 30.9 Å². The fourth-order valence-corrected chi connectivity index (χ4v) is 3.23. The average Bonchev–Trinajstić information content (AvgIpc) is 2.89. The largest absolute Gasteiger partial charge is 0.298 e. The molecule has 0 spiro atoms. The second kappa shape index (κ2) is 6.20. The lowest BCUT2D eigenvalue weighted by Gasteiger charge is -2.01. The maximum atomic E-state index is 12.2. The van der Waals surface area contributed by atoms with Gasteiger partial charge in [0.2, 0.25) is 0 Å². The van der Waals surface area contributed by atoms with Gasteiger partial charge in [-0.25, -0.2) is 15.0 Å². The van der Waals surface area contributed by atoms with E-state index in [0.717, 1.165) is 15.8 Å². The molecule has 0 bridgehead atoms. The van der Waals surface area contributed by atoms with E-state index in [-0.39, 0.29) is 5.91 Å². The molecule has 0 saturated heterocycles. The van der Waals surface area contributed by atoms with Crippen LogP contribution < -0.4 is 5.32 Å². The highest BCUT2D eigenvalue weighted by molar-refractivity contribution is 7.98. The highest BCUT2D eigenvalue weighted by Gasteiger charge is 2.12. The number of rotatable bonds is 3. The predicted octanol–water partition coefficient (Wildman–Crippen LogP) is 4.02. The first-order valence-corrected chi connectivity index (χ1v) is 8.73. The highest BCUT2D eigenvalue weighted by atomic mass is 35.5. The van der Waals surface area contributed by atoms with Crippen LogP contribution in [-0.2, 0) is 0 Å². The number of hydrogen-bond acceptors (Lipinski definition) is 6. The van der Waals surface area contributed by atoms with Crippen molar-refractivity contribution in [3.63, 3.8) is 0 Å². The van der Waals surface area contributed by atoms with Crippen molar-refractivity contribution < 1.29 is 4.79 Å². The smallest absolute Gasteiger partial charge is 0.260 e. The lowest BCUT2D eigenvalue weighted by Crippen LogP contribution is -2.12. The van der Waals surface area contributed by atoms with Gasteiger partial charge >= 0.3 is 0 Å². The maximum absolute atomic E-state index is 12.2. The molecule has 3 rings (SSSR count). The van der Waals surface area contributed by atoms with Crippen LogP contribution in [0.5, 0.6) is 0 Å². The summed E-state index contributed by atoms with van der Waals surface area (Å²) in [6.45, 7) is 1.93. The van der Waals surface area contributed by atoms with Crippen molar-refractivity contribution in [1.82, 2.24) is 15.0 Å². The molecule has 22 heavy (non-hydrogen) atoms. The molecule has 0 radical (unpaired) electrons. The Hall–Kier alpha value is -1.70. The van der Waals surface area contributed by atoms with Crippen molar-refractivity contribution in [1.29, 1.82) is 0 Å². The molecule has 1 N–H and O–H groups in total. The minimum absolute atomic E-state index is 0.283. The van der Waals surface area contributed by atoms with Crippen LogP contribution in [0.1, 0.15) is 15.9 Å². The van der Waals surface area contributed by atoms with Gasteiger partial charge in [0.15, 0.2) is 10.3 Å². The van der Waals surface area contributed by atoms with Crippen LogP contribution in [0.25, 0.3) is 10.2 Å². The summed E-state index contributed by atoms with van der Waals surface area (Å²) in [5, 5.41) is 4.58. The van der Waals surface area contributed by atoms with Crippen molar-refractivity contribution in [3.8, 4) is 0 Å². The van der Waals surface area contributed by atoms with Crippen LogP contribution in [0.15, 0.2) is 29.7 Å². The van der Waals surface area contributed by atoms with Gasteiger partial charge in [-0.2, -0.15) is 0 Å². The number of anilines is 1. The lowest BCUT2D eigenvalue weighted by molar-refractivity contribution is 0.102. The zero-order valence-electron chi connectivity index (χ0n) is 11.8. The van der Waals surface area contributed by atoms with E-state index in [1.807, 2.05) is 19.2 Å². The molecule has 1 amide bonds. The first kappa shape index (κ1) is 15.2. The van der Waals surface area contributed by atoms with Crippen LogP contribution in [0.4, 0.5) is 5.13 Å². The molecule has 1 aromatic carbocycles. The number of aromatic nitrogens is 3. The van der Waals surface area contributed by atoms with Crippen molar-refractivity contribution in [3.05, 3.63) is 40.7 Å². The van der Waals surface area contributed by atoms with E-state index in [4.69, 9.17) is 11.6 Å². The summed E-state index contributed by atoms with van der Waals surface area (Å²) in [5.41, 5.74) is 2.15. The number of nitrogens with zero attached hydrogens (tertiary/aromatic N) is 3. The number of thiazole rings is 1. The topological polar surface area (TPSA) is 67.8 Å². The zero-order chi connectivity index (χ0) is 15.7. The Labute approximate surface area is 140 Å². The summed E-state index contributed by atoms with van der Waals surface area (Å²) in [7, 11) is 0. The van der Waals surface area contributed by atoms with Crippen molar-refractivity contribution in [2.75, 3.05) is 11.6 Å². The van der Waals surface area contributed by atoms with E-state index in [2.05, 4.69) is 20.3 Å². The van der Waals surface area contributed by atoms with E-state index >= 15 is 0 Å². The van der Waals surface area contributed by atoms with E-state index in [1.54, 1.807) is 6.07 Å². The van der Waals surface area contributed by atoms with Crippen LogP contribution in [0, 0.1) is 6.92 Å². The fraction of sp³-hybridized carbons (Fsp3) is 0.143. The van der Waals surface area contributed by atoms with Gasteiger partial charge in [0.05, 0.1) is 15.8 Å². The Morgan fingerprint density at radius 3 is 2.73 bits per heavy atom. The molecule has 0 saturated carbocycles. The summed E-state index contributed by atoms with van der Waals surface area (Å²) in [6, 6.07) is 3.76. The molecule has 0 unspecified atom stereocenters. The highest BCUT2D eigenvalue weighted by Crippen LogP contribution is 2.30. The average molecular weight is 351 g/mol. The van der Waals surface area contributed by atoms with Gasteiger partial charge in [0.25, 0.3) is 5.91 Å². The maximum Gasteiger partial charge on any atom is 0.260 e. The number of halogens is 1. The predicted molar refractivity (Wildman–Crippen MR) is 91.1 cm³/mol. The third-order valence-electron chi connectivity index (χ3n) is 2.96. The normalized spacial score (nSPS) is 10.9. The van der Waals surface area contributed by atoms with Crippen LogP contribution in [-0.4, -0.2) is 27.1 Å². The SMILES string of the molecule is CSc1ncc(C(=O)Nc2nc3cc(Cl)c(C)cc3s2)cn1. The minimum Gasteiger partial charge on any atom is -0.298 e. The third kappa shape index (κ3) is 3.06. The Morgan fingerprint density at radius 2 is 2.05 bits per heavy atom. The molecule has 0 fully saturated rings. The molecule has 0 aliphatic heterocycles. The number of aryl methyl sites for hydroxylation is 1. The first-order chi connectivity index (χ1) is 10.6. The number of amides is 1. The molecule has 0 aliphatic carbocycles. The van der Waals surface area contributed by atoms with E-state index in [9.17, 15) is 4.79 Å². The monoisotopic (exact) mass is 350 g/mol. The number of carbonyl (C=O) groups excluding carboxylic acids is 1. The molecule has 0 atom stereocenters. The van der Waals surface area contributed by atoms with Crippen molar-refractivity contribution >= 4 is 56.0 Å². The number of benzene rings is 1. The second-order valence-corrected chi connectivity index (χ2v) is 6.71. The van der Waals surface area contributed by atoms with Gasteiger partial charge in [-0.15, -0.1) is 0 Å². The van der Waals surface area contributed by atoms with E-state index in [1.165, 1.54) is 35.5 Å². The van der Waals surface area contributed by atoms with Crippen LogP contribution >= 0.6 is 34.7 Å². The standard InChI is InChI=1S/C14H11ClN4OS2/c1-7-3-11-10(4-9(7)15)18-14(22-11)19-12(20)8-5-16-13(21-2)17-6-8/h3-6H,1-2H3,(H,18,19,20). The fourth-order valence-electron chi connectivity index (χ4n) is 1.81. The third-order valence-corrected chi connectivity index (χ3v) is 4.88. The summed E-state index contributed by atoms with van der Waals surface area (Å²) >= 11 is 8.91. The minimum atomic E-state index is -0.283. The van der Waals surface area contributed by atoms with Gasteiger partial charge in [-0.1, -0.05) is 34.7 Å². The van der Waals surface area contributed by atoms with E-state index in [0.29, 0.717) is 20.9 Å². The van der Waals surface area contributed by atoms with Crippen molar-refractivity contribution in [2.24, 2.45) is 0 Å². The number of carbonyl (C=O) groups is 1. The molecule has 5 nitrogen and oxygen atoms in total. The Morgan fingerprint density at radius 1 is 1.32 bits per heavy atom. The Balaban J connectivity index is 1.84. The zero-order valence-corrected chi connectivity index (χ0v) is 14.1. The van der Waals surface area contributed by atoms with Gasteiger partial charge in [0, 0.05) is 17.4 Å². The summed E-state index contributed by atoms with van der Waals surface area (Å²) < 4.78 is 0.978. The molecule has 3 aromatic rings. The lowest BCUT2D eigenvalue weighted by atomic mass is 10.2. The number of nitrogens with one attached hydrogen (secondary N) is 1. The molecule has 8 heteroatoms. The first-order valence-electron chi connectivity index (χ1n) is 6.31. The number of hydrogen-bond donors (Lipinski definition) is 1. The van der Waals surface area contributed by atoms with E-state index < -0.39 is 0 Å². The second-order valence-electron chi connectivity index (χ2n) is 4.50. The molecular formula is C14H11ClN4OS2. The van der Waals surface area contributed by atoms with Gasteiger partial charge in [-0.3, -0.25) is 10.1 Å². The Bertz CT molecular complexity index is 809. The number of fused-ring (bicyclic) bond motifs is 1. The van der Waals surface area contributed by atoms with Crippen LogP contribution in [0.2, 0.25) is 5.02 Å². The molecule has 0 aliphatic rings. The number of thioether (sulfide) groups is 1. The molecule has 112 valence electrons.